The lowest BCUT2D eigenvalue weighted by molar-refractivity contribution is -0.673. The van der Waals surface area contributed by atoms with Crippen molar-refractivity contribution in [3.05, 3.63) is 65.0 Å². The zero-order chi connectivity index (χ0) is 13.9. The summed E-state index contributed by atoms with van der Waals surface area (Å²) >= 11 is 0. The van der Waals surface area contributed by atoms with Crippen molar-refractivity contribution < 1.29 is 14.5 Å². The van der Waals surface area contributed by atoms with Crippen molar-refractivity contribution in [2.45, 2.75) is 13.0 Å². The molecule has 0 saturated heterocycles. The Morgan fingerprint density at radius 3 is 2.70 bits per heavy atom. The molecule has 3 rings (SSSR count). The van der Waals surface area contributed by atoms with Gasteiger partial charge in [-0.3, -0.25) is 4.79 Å². The molecule has 0 saturated carbocycles. The number of nitrogens with one attached hydrogen (secondary N) is 1. The standard InChI is InChI=1S/C16H15FN2O/c17-14-4-1-12(2-5-14)16(20)19-15-6-3-11-7-8-18-10-13(11)9-15/h1-6,9,18H,7-8,10H2,(H,19,20)/p+1. The van der Waals surface area contributed by atoms with Gasteiger partial charge in [0.1, 0.15) is 12.4 Å². The van der Waals surface area contributed by atoms with Gasteiger partial charge in [-0.15, -0.1) is 0 Å². The molecular weight excluding hydrogens is 255 g/mol. The molecule has 0 unspecified atom stereocenters. The number of carbonyl (C=O) groups is 1. The van der Waals surface area contributed by atoms with E-state index in [1.165, 1.54) is 35.4 Å². The van der Waals surface area contributed by atoms with Crippen LogP contribution in [-0.4, -0.2) is 12.5 Å². The van der Waals surface area contributed by atoms with Gasteiger partial charge in [0.15, 0.2) is 0 Å². The Labute approximate surface area is 116 Å². The molecular formula is C16H16FN2O+. The maximum atomic E-state index is 12.8. The minimum atomic E-state index is -0.342. The van der Waals surface area contributed by atoms with Crippen molar-refractivity contribution in [2.24, 2.45) is 0 Å². The highest BCUT2D eigenvalue weighted by molar-refractivity contribution is 6.04. The van der Waals surface area contributed by atoms with Crippen molar-refractivity contribution in [2.75, 3.05) is 11.9 Å². The van der Waals surface area contributed by atoms with E-state index in [1.54, 1.807) is 0 Å². The molecule has 2 aromatic rings. The molecule has 0 radical (unpaired) electrons. The fourth-order valence-electron chi connectivity index (χ4n) is 2.46. The molecule has 20 heavy (non-hydrogen) atoms. The second-order valence-electron chi connectivity index (χ2n) is 4.98. The molecule has 0 aromatic heterocycles. The van der Waals surface area contributed by atoms with Crippen LogP contribution < -0.4 is 10.6 Å². The first-order chi connectivity index (χ1) is 9.72. The molecule has 3 N–H and O–H groups in total. The number of hydrogen-bond donors (Lipinski definition) is 2. The van der Waals surface area contributed by atoms with E-state index in [9.17, 15) is 9.18 Å². The highest BCUT2D eigenvalue weighted by Crippen LogP contribution is 2.18. The van der Waals surface area contributed by atoms with Crippen LogP contribution in [0.25, 0.3) is 0 Å². The molecule has 1 heterocycles. The second-order valence-corrected chi connectivity index (χ2v) is 4.98. The Bertz CT molecular complexity index is 637. The van der Waals surface area contributed by atoms with Crippen LogP contribution in [0.5, 0.6) is 0 Å². The Balaban J connectivity index is 1.77. The van der Waals surface area contributed by atoms with Crippen molar-refractivity contribution in [3.8, 4) is 0 Å². The number of carbonyl (C=O) groups excluding carboxylic acids is 1. The SMILES string of the molecule is O=C(Nc1ccc2c(c1)C[NH2+]CC2)c1ccc(F)cc1. The van der Waals surface area contributed by atoms with Crippen LogP contribution in [0.2, 0.25) is 0 Å². The summed E-state index contributed by atoms with van der Waals surface area (Å²) in [5.74, 6) is -0.560. The van der Waals surface area contributed by atoms with Gasteiger partial charge in [-0.25, -0.2) is 4.39 Å². The number of benzene rings is 2. The minimum absolute atomic E-state index is 0.218. The van der Waals surface area contributed by atoms with Gasteiger partial charge in [0.2, 0.25) is 0 Å². The van der Waals surface area contributed by atoms with Crippen LogP contribution in [0.3, 0.4) is 0 Å². The summed E-state index contributed by atoms with van der Waals surface area (Å²) in [4.78, 5) is 12.1. The molecule has 0 aliphatic carbocycles. The summed E-state index contributed by atoms with van der Waals surface area (Å²) < 4.78 is 12.8. The number of anilines is 1. The lowest BCUT2D eigenvalue weighted by Crippen LogP contribution is -2.84. The van der Waals surface area contributed by atoms with E-state index in [-0.39, 0.29) is 11.7 Å². The van der Waals surface area contributed by atoms with Gasteiger partial charge in [-0.2, -0.15) is 0 Å². The van der Waals surface area contributed by atoms with Crippen LogP contribution in [-0.2, 0) is 13.0 Å². The summed E-state index contributed by atoms with van der Waals surface area (Å²) in [5, 5.41) is 5.11. The number of halogens is 1. The topological polar surface area (TPSA) is 45.7 Å². The molecule has 1 amide bonds. The van der Waals surface area contributed by atoms with Gasteiger partial charge in [-0.05, 0) is 42.0 Å². The van der Waals surface area contributed by atoms with Crippen molar-refractivity contribution in [3.63, 3.8) is 0 Å². The largest absolute Gasteiger partial charge is 0.342 e. The molecule has 102 valence electrons. The number of amides is 1. The van der Waals surface area contributed by atoms with E-state index in [0.29, 0.717) is 5.56 Å². The van der Waals surface area contributed by atoms with Gasteiger partial charge >= 0.3 is 0 Å². The van der Waals surface area contributed by atoms with Crippen LogP contribution in [0, 0.1) is 5.82 Å². The Morgan fingerprint density at radius 1 is 1.10 bits per heavy atom. The first-order valence-electron chi connectivity index (χ1n) is 6.73. The number of rotatable bonds is 2. The molecule has 3 nitrogen and oxygen atoms in total. The smallest absolute Gasteiger partial charge is 0.255 e. The highest BCUT2D eigenvalue weighted by Gasteiger charge is 2.13. The van der Waals surface area contributed by atoms with Crippen LogP contribution in [0.1, 0.15) is 21.5 Å². The average molecular weight is 271 g/mol. The number of hydrogen-bond acceptors (Lipinski definition) is 1. The van der Waals surface area contributed by atoms with E-state index in [4.69, 9.17) is 0 Å². The summed E-state index contributed by atoms with van der Waals surface area (Å²) in [6, 6.07) is 11.6. The summed E-state index contributed by atoms with van der Waals surface area (Å²) in [7, 11) is 0. The Hall–Kier alpha value is -2.20. The van der Waals surface area contributed by atoms with E-state index >= 15 is 0 Å². The zero-order valence-corrected chi connectivity index (χ0v) is 11.0. The van der Waals surface area contributed by atoms with Gasteiger partial charge in [0, 0.05) is 23.2 Å². The van der Waals surface area contributed by atoms with Gasteiger partial charge in [0.05, 0.1) is 6.54 Å². The first kappa shape index (κ1) is 12.8. The normalized spacial score (nSPS) is 13.7. The van der Waals surface area contributed by atoms with Crippen molar-refractivity contribution in [1.82, 2.24) is 0 Å². The van der Waals surface area contributed by atoms with Crippen LogP contribution in [0.15, 0.2) is 42.5 Å². The van der Waals surface area contributed by atoms with Crippen LogP contribution in [0.4, 0.5) is 10.1 Å². The molecule has 1 aliphatic rings. The minimum Gasteiger partial charge on any atom is -0.342 e. The van der Waals surface area contributed by atoms with E-state index in [0.717, 1.165) is 25.2 Å². The molecule has 4 heteroatoms. The summed E-state index contributed by atoms with van der Waals surface area (Å²) in [6.07, 6.45) is 1.07. The monoisotopic (exact) mass is 271 g/mol. The lowest BCUT2D eigenvalue weighted by Gasteiger charge is -2.15. The first-order valence-corrected chi connectivity index (χ1v) is 6.73. The molecule has 0 spiro atoms. The van der Waals surface area contributed by atoms with Gasteiger partial charge < -0.3 is 10.6 Å². The predicted molar refractivity (Wildman–Crippen MR) is 75.0 cm³/mol. The van der Waals surface area contributed by atoms with Gasteiger partial charge in [0.25, 0.3) is 5.91 Å². The molecule has 2 aromatic carbocycles. The number of quaternary nitrogens is 1. The number of nitrogens with two attached hydrogens (primary N) is 1. The maximum Gasteiger partial charge on any atom is 0.255 e. The van der Waals surface area contributed by atoms with Crippen molar-refractivity contribution in [1.29, 1.82) is 0 Å². The molecule has 0 bridgehead atoms. The predicted octanol–water partition coefficient (Wildman–Crippen LogP) is 1.70. The maximum absolute atomic E-state index is 12.8. The third-order valence-corrected chi connectivity index (χ3v) is 3.55. The Morgan fingerprint density at radius 2 is 1.90 bits per heavy atom. The highest BCUT2D eigenvalue weighted by atomic mass is 19.1. The number of fused-ring (bicyclic) bond motifs is 1. The third kappa shape index (κ3) is 2.70. The summed E-state index contributed by atoms with van der Waals surface area (Å²) in [6.45, 7) is 2.07. The summed E-state index contributed by atoms with van der Waals surface area (Å²) in [5.41, 5.74) is 3.87. The van der Waals surface area contributed by atoms with E-state index in [2.05, 4.69) is 16.7 Å². The molecule has 0 atom stereocenters. The molecule has 1 aliphatic heterocycles. The fourth-order valence-corrected chi connectivity index (χ4v) is 2.46. The van der Waals surface area contributed by atoms with Crippen LogP contribution >= 0.6 is 0 Å². The van der Waals surface area contributed by atoms with E-state index < -0.39 is 0 Å². The quantitative estimate of drug-likeness (QED) is 0.858. The van der Waals surface area contributed by atoms with Crippen molar-refractivity contribution >= 4 is 11.6 Å². The lowest BCUT2D eigenvalue weighted by atomic mass is 10.0. The van der Waals surface area contributed by atoms with E-state index in [1.807, 2.05) is 12.1 Å². The third-order valence-electron chi connectivity index (χ3n) is 3.55. The zero-order valence-electron chi connectivity index (χ0n) is 11.0. The fraction of sp³-hybridized carbons (Fsp3) is 0.188. The van der Waals surface area contributed by atoms with Gasteiger partial charge in [-0.1, -0.05) is 6.07 Å². The molecule has 0 fully saturated rings. The average Bonchev–Trinajstić information content (AvgIpc) is 2.48. The second kappa shape index (κ2) is 5.43. The Kier molecular flexibility index (Phi) is 3.48.